The first-order valence-corrected chi connectivity index (χ1v) is 10.5. The smallest absolute Gasteiger partial charge is 0.137 e. The van der Waals surface area contributed by atoms with Crippen molar-refractivity contribution in [1.29, 1.82) is 0 Å². The summed E-state index contributed by atoms with van der Waals surface area (Å²) in [7, 11) is 0. The summed E-state index contributed by atoms with van der Waals surface area (Å²) in [6, 6.07) is 7.50. The van der Waals surface area contributed by atoms with Gasteiger partial charge in [0.05, 0.1) is 25.3 Å². The molecule has 2 aliphatic heterocycles. The van der Waals surface area contributed by atoms with Crippen LogP contribution in [-0.4, -0.2) is 59.9 Å². The van der Waals surface area contributed by atoms with Crippen molar-refractivity contribution in [2.75, 3.05) is 38.2 Å². The Morgan fingerprint density at radius 3 is 2.64 bits per heavy atom. The lowest BCUT2D eigenvalue weighted by molar-refractivity contribution is 0.00791. The van der Waals surface area contributed by atoms with E-state index >= 15 is 0 Å². The number of hydrogen-bond acceptors (Lipinski definition) is 6. The van der Waals surface area contributed by atoms with Gasteiger partial charge < -0.3 is 14.8 Å². The number of nitrogens with zero attached hydrogens (tertiary/aromatic N) is 3. The Balaban J connectivity index is 1.29. The number of anilines is 1. The van der Waals surface area contributed by atoms with Gasteiger partial charge >= 0.3 is 0 Å². The number of benzene rings is 1. The molecule has 3 heterocycles. The van der Waals surface area contributed by atoms with E-state index in [2.05, 4.69) is 44.5 Å². The number of fused-ring (bicyclic) bond motifs is 1. The van der Waals surface area contributed by atoms with Gasteiger partial charge in [0.15, 0.2) is 0 Å². The number of morpholine rings is 1. The van der Waals surface area contributed by atoms with Crippen molar-refractivity contribution in [3.05, 3.63) is 36.2 Å². The molecule has 1 aromatic carbocycles. The third kappa shape index (κ3) is 3.71. The van der Waals surface area contributed by atoms with Crippen LogP contribution in [0, 0.1) is 0 Å². The van der Waals surface area contributed by atoms with Crippen molar-refractivity contribution < 1.29 is 9.47 Å². The predicted octanol–water partition coefficient (Wildman–Crippen LogP) is 3.45. The van der Waals surface area contributed by atoms with E-state index in [1.54, 1.807) is 6.33 Å². The molecule has 2 fully saturated rings. The fourth-order valence-electron chi connectivity index (χ4n) is 4.67. The minimum absolute atomic E-state index is 0.473. The van der Waals surface area contributed by atoms with Gasteiger partial charge in [-0.15, -0.1) is 0 Å². The van der Waals surface area contributed by atoms with E-state index in [9.17, 15) is 0 Å². The molecule has 0 amide bonds. The minimum Gasteiger partial charge on any atom is -0.493 e. The molecule has 2 aromatic rings. The second-order valence-corrected chi connectivity index (χ2v) is 7.96. The van der Waals surface area contributed by atoms with Crippen LogP contribution in [-0.2, 0) is 9.47 Å². The van der Waals surface area contributed by atoms with Crippen LogP contribution >= 0.6 is 0 Å². The Bertz CT molecular complexity index is 855. The molecule has 0 atom stereocenters. The molecule has 1 N–H and O–H groups in total. The lowest BCUT2D eigenvalue weighted by Gasteiger charge is -2.39. The van der Waals surface area contributed by atoms with Gasteiger partial charge in [0, 0.05) is 42.5 Å². The molecule has 1 saturated carbocycles. The van der Waals surface area contributed by atoms with E-state index < -0.39 is 0 Å². The summed E-state index contributed by atoms with van der Waals surface area (Å²) in [4.78, 5) is 11.6. The summed E-state index contributed by atoms with van der Waals surface area (Å²) in [5.74, 6) is 1.92. The lowest BCUT2D eigenvalue weighted by atomic mass is 9.90. The van der Waals surface area contributed by atoms with Crippen LogP contribution in [0.5, 0.6) is 0 Å². The molecule has 28 heavy (non-hydrogen) atoms. The van der Waals surface area contributed by atoms with Crippen molar-refractivity contribution in [3.8, 4) is 0 Å². The summed E-state index contributed by atoms with van der Waals surface area (Å²) in [6.07, 6.45) is 9.65. The molecular formula is C22H28N4O2. The first-order valence-electron chi connectivity index (χ1n) is 10.5. The van der Waals surface area contributed by atoms with Gasteiger partial charge in [-0.2, -0.15) is 0 Å². The Morgan fingerprint density at radius 2 is 1.86 bits per heavy atom. The highest BCUT2D eigenvalue weighted by atomic mass is 16.5. The Labute approximate surface area is 165 Å². The molecule has 3 aliphatic rings. The van der Waals surface area contributed by atoms with E-state index in [1.165, 1.54) is 25.7 Å². The monoisotopic (exact) mass is 380 g/mol. The van der Waals surface area contributed by atoms with E-state index in [4.69, 9.17) is 9.47 Å². The molecule has 0 bridgehead atoms. The maximum Gasteiger partial charge on any atom is 0.137 e. The predicted molar refractivity (Wildman–Crippen MR) is 110 cm³/mol. The second kappa shape index (κ2) is 8.05. The first-order chi connectivity index (χ1) is 13.9. The molecule has 0 spiro atoms. The molecule has 0 unspecified atom stereocenters. The third-order valence-corrected chi connectivity index (χ3v) is 6.22. The topological polar surface area (TPSA) is 59.5 Å². The summed E-state index contributed by atoms with van der Waals surface area (Å²) in [5, 5.41) is 4.79. The largest absolute Gasteiger partial charge is 0.493 e. The Morgan fingerprint density at radius 1 is 1.00 bits per heavy atom. The molecule has 6 heteroatoms. The van der Waals surface area contributed by atoms with E-state index in [0.717, 1.165) is 67.4 Å². The lowest BCUT2D eigenvalue weighted by Crippen LogP contribution is -2.46. The van der Waals surface area contributed by atoms with Crippen molar-refractivity contribution in [1.82, 2.24) is 14.9 Å². The van der Waals surface area contributed by atoms with E-state index in [0.29, 0.717) is 12.1 Å². The number of rotatable bonds is 4. The number of nitrogens with one attached hydrogen (secondary N) is 1. The zero-order chi connectivity index (χ0) is 18.8. The van der Waals surface area contributed by atoms with Crippen LogP contribution in [0.3, 0.4) is 0 Å². The molecule has 6 nitrogen and oxygen atoms in total. The Kier molecular flexibility index (Phi) is 5.14. The standard InChI is InChI=1S/C22H28N4O2/c1-2-21(28-11-1)16-3-8-20-19(14-16)22(24-15-23-20)25-17-4-6-18(7-5-17)26-9-12-27-13-10-26/h2-3,8,14-15,17-18H,1,4-7,9-13H2,(H,23,24,25)/t17-,18-. The quantitative estimate of drug-likeness (QED) is 0.877. The van der Waals surface area contributed by atoms with Crippen LogP contribution in [0.25, 0.3) is 16.7 Å². The normalized spacial score (nSPS) is 26.1. The molecule has 5 rings (SSSR count). The molecule has 0 radical (unpaired) electrons. The second-order valence-electron chi connectivity index (χ2n) is 7.96. The van der Waals surface area contributed by atoms with Gasteiger partial charge in [-0.1, -0.05) is 0 Å². The number of ether oxygens (including phenoxy) is 2. The van der Waals surface area contributed by atoms with Crippen LogP contribution in [0.1, 0.15) is 37.7 Å². The van der Waals surface area contributed by atoms with Gasteiger partial charge in [-0.25, -0.2) is 9.97 Å². The van der Waals surface area contributed by atoms with E-state index in [-0.39, 0.29) is 0 Å². The summed E-state index contributed by atoms with van der Waals surface area (Å²) in [6.45, 7) is 4.71. The molecule has 1 aromatic heterocycles. The first kappa shape index (κ1) is 17.9. The molecule has 148 valence electrons. The van der Waals surface area contributed by atoms with Crippen LogP contribution in [0.2, 0.25) is 0 Å². The van der Waals surface area contributed by atoms with E-state index in [1.807, 2.05) is 0 Å². The zero-order valence-electron chi connectivity index (χ0n) is 16.3. The highest BCUT2D eigenvalue weighted by molar-refractivity contribution is 5.91. The highest BCUT2D eigenvalue weighted by Gasteiger charge is 2.27. The third-order valence-electron chi connectivity index (χ3n) is 6.22. The number of aromatic nitrogens is 2. The molecular weight excluding hydrogens is 352 g/mol. The van der Waals surface area contributed by atoms with Crippen LogP contribution in [0.4, 0.5) is 5.82 Å². The summed E-state index contributed by atoms with van der Waals surface area (Å²) < 4.78 is 11.2. The van der Waals surface area contributed by atoms with Crippen molar-refractivity contribution in [2.45, 2.75) is 44.2 Å². The van der Waals surface area contributed by atoms with Gasteiger partial charge in [0.25, 0.3) is 0 Å². The summed E-state index contributed by atoms with van der Waals surface area (Å²) in [5.41, 5.74) is 2.08. The van der Waals surface area contributed by atoms with Crippen molar-refractivity contribution in [3.63, 3.8) is 0 Å². The maximum atomic E-state index is 5.73. The van der Waals surface area contributed by atoms with Gasteiger partial charge in [-0.3, -0.25) is 4.90 Å². The minimum atomic E-state index is 0.473. The van der Waals surface area contributed by atoms with Crippen LogP contribution in [0.15, 0.2) is 30.6 Å². The fraction of sp³-hybridized carbons (Fsp3) is 0.545. The number of hydrogen-bond donors (Lipinski definition) is 1. The highest BCUT2D eigenvalue weighted by Crippen LogP contribution is 2.30. The van der Waals surface area contributed by atoms with Crippen LogP contribution < -0.4 is 5.32 Å². The zero-order valence-corrected chi connectivity index (χ0v) is 16.3. The van der Waals surface area contributed by atoms with Gasteiger partial charge in [-0.05, 0) is 50.0 Å². The van der Waals surface area contributed by atoms with Crippen molar-refractivity contribution in [2.24, 2.45) is 0 Å². The maximum absolute atomic E-state index is 5.73. The molecule has 1 saturated heterocycles. The SMILES string of the molecule is C1=C(c2ccc3ncnc(N[C@H]4CC[C@H](N5CCOCC5)CC4)c3c2)OCC1. The summed E-state index contributed by atoms with van der Waals surface area (Å²) >= 11 is 0. The van der Waals surface area contributed by atoms with Gasteiger partial charge in [0.2, 0.25) is 0 Å². The van der Waals surface area contributed by atoms with Gasteiger partial charge in [0.1, 0.15) is 17.9 Å². The average Bonchev–Trinajstić information content (AvgIpc) is 3.30. The van der Waals surface area contributed by atoms with Crippen molar-refractivity contribution >= 4 is 22.5 Å². The Hall–Kier alpha value is -2.18. The average molecular weight is 380 g/mol. The fourth-order valence-corrected chi connectivity index (χ4v) is 4.67. The molecule has 1 aliphatic carbocycles.